The third-order valence-corrected chi connectivity index (χ3v) is 8.06. The first-order chi connectivity index (χ1) is 21.3. The number of alkyl halides is 3. The molecule has 3 aromatic carbocycles. The van der Waals surface area contributed by atoms with Crippen molar-refractivity contribution in [2.45, 2.75) is 51.7 Å². The van der Waals surface area contributed by atoms with Crippen LogP contribution in [0.25, 0.3) is 17.1 Å². The first kappa shape index (κ1) is 32.2. The molecule has 1 aromatic heterocycles. The maximum Gasteiger partial charge on any atom is 0.573 e. The summed E-state index contributed by atoms with van der Waals surface area (Å²) >= 11 is 1.30. The Morgan fingerprint density at radius 1 is 1.04 bits per heavy atom. The number of aromatic nitrogens is 3. The van der Waals surface area contributed by atoms with Crippen LogP contribution < -0.4 is 15.0 Å². The van der Waals surface area contributed by atoms with Crippen LogP contribution in [0, 0.1) is 0 Å². The molecular formula is C32H33F3N6O3S. The number of carbonyl (C=O) groups excluding carboxylic acids is 1. The summed E-state index contributed by atoms with van der Waals surface area (Å²) in [7, 11) is 0. The summed E-state index contributed by atoms with van der Waals surface area (Å²) in [5.41, 5.74) is 3.91. The smallest absolute Gasteiger partial charge is 0.406 e. The van der Waals surface area contributed by atoms with Gasteiger partial charge in [-0.05, 0) is 52.8 Å². The molecule has 1 aliphatic heterocycles. The monoisotopic (exact) mass is 638 g/mol. The number of hydrogen-bond acceptors (Lipinski definition) is 8. The predicted octanol–water partition coefficient (Wildman–Crippen LogP) is 6.24. The van der Waals surface area contributed by atoms with Gasteiger partial charge in [-0.15, -0.1) is 18.3 Å². The van der Waals surface area contributed by atoms with E-state index in [0.717, 1.165) is 22.4 Å². The number of benzene rings is 3. The zero-order valence-corrected chi connectivity index (χ0v) is 25.9. The van der Waals surface area contributed by atoms with Crippen LogP contribution in [0.5, 0.6) is 5.75 Å². The van der Waals surface area contributed by atoms with Crippen molar-refractivity contribution in [3.8, 4) is 22.8 Å². The number of aliphatic hydroxyl groups is 1. The summed E-state index contributed by atoms with van der Waals surface area (Å²) in [6.45, 7) is 8.71. The number of thioether (sulfide) groups is 1. The van der Waals surface area contributed by atoms with Crippen LogP contribution in [0.15, 0.2) is 84.1 Å². The summed E-state index contributed by atoms with van der Waals surface area (Å²) < 4.78 is 42.7. The van der Waals surface area contributed by atoms with Crippen LogP contribution in [0.1, 0.15) is 44.7 Å². The van der Waals surface area contributed by atoms with Crippen LogP contribution in [0.2, 0.25) is 0 Å². The molecule has 1 amide bonds. The largest absolute Gasteiger partial charge is 0.573 e. The van der Waals surface area contributed by atoms with E-state index in [1.54, 1.807) is 4.90 Å². The topological polar surface area (TPSA) is 105 Å². The van der Waals surface area contributed by atoms with Gasteiger partial charge in [-0.3, -0.25) is 15.0 Å². The van der Waals surface area contributed by atoms with Gasteiger partial charge in [-0.1, -0.05) is 81.9 Å². The lowest BCUT2D eigenvalue weighted by Gasteiger charge is -2.27. The lowest BCUT2D eigenvalue weighted by Crippen LogP contribution is -2.36. The number of anilines is 1. The van der Waals surface area contributed by atoms with Gasteiger partial charge in [0.25, 0.3) is 0 Å². The molecule has 0 bridgehead atoms. The molecule has 1 fully saturated rings. The van der Waals surface area contributed by atoms with Crippen LogP contribution in [0.4, 0.5) is 18.9 Å². The molecule has 236 valence electrons. The molecule has 5 rings (SSSR count). The highest BCUT2D eigenvalue weighted by Crippen LogP contribution is 2.36. The molecule has 45 heavy (non-hydrogen) atoms. The van der Waals surface area contributed by atoms with E-state index in [2.05, 4.69) is 45.9 Å². The van der Waals surface area contributed by atoms with Crippen molar-refractivity contribution >= 4 is 28.5 Å². The molecule has 2 atom stereocenters. The van der Waals surface area contributed by atoms with Crippen molar-refractivity contribution in [2.24, 2.45) is 4.99 Å². The van der Waals surface area contributed by atoms with Gasteiger partial charge >= 0.3 is 6.36 Å². The van der Waals surface area contributed by atoms with Gasteiger partial charge < -0.3 is 9.84 Å². The van der Waals surface area contributed by atoms with Crippen molar-refractivity contribution < 1.29 is 27.8 Å². The number of ether oxygens (including phenoxy) is 1. The Labute approximate surface area is 263 Å². The van der Waals surface area contributed by atoms with Gasteiger partial charge in [0, 0.05) is 12.1 Å². The quantitative estimate of drug-likeness (QED) is 0.209. The van der Waals surface area contributed by atoms with E-state index in [1.165, 1.54) is 47.0 Å². The number of nitrogens with one attached hydrogen (secondary N) is 1. The second kappa shape index (κ2) is 13.0. The number of hydrogen-bond donors (Lipinski definition) is 2. The average molecular weight is 639 g/mol. The highest BCUT2D eigenvalue weighted by atomic mass is 32.2. The summed E-state index contributed by atoms with van der Waals surface area (Å²) in [5.74, 6) is 0.331. The standard InChI is InChI=1S/C32H33F3N6O3S/c1-20(17-36-29(43)38-30-41(27(42)18-45-30)26-8-6-5-7-25(26)31(2,3)4)21-9-11-22(12-10-21)28-37-19-40(39-28)23-13-15-24(16-14-23)44-32(33,34)35/h5-16,19-20,29,36,43H,17-18H2,1-4H3/b38-30-. The van der Waals surface area contributed by atoms with E-state index in [9.17, 15) is 23.1 Å². The minimum absolute atomic E-state index is 0.0208. The molecule has 2 heterocycles. The number of rotatable bonds is 9. The first-order valence-electron chi connectivity index (χ1n) is 14.2. The Morgan fingerprint density at radius 2 is 1.73 bits per heavy atom. The van der Waals surface area contributed by atoms with Crippen molar-refractivity contribution in [1.29, 1.82) is 0 Å². The van der Waals surface area contributed by atoms with Crippen LogP contribution in [-0.2, 0) is 10.2 Å². The second-order valence-corrected chi connectivity index (χ2v) is 12.5. The maximum atomic E-state index is 12.8. The maximum absolute atomic E-state index is 12.8. The number of aliphatic imine (C=N–C) groups is 1. The van der Waals surface area contributed by atoms with Gasteiger partial charge in [0.2, 0.25) is 12.3 Å². The highest BCUT2D eigenvalue weighted by Gasteiger charge is 2.34. The number of para-hydroxylation sites is 1. The summed E-state index contributed by atoms with van der Waals surface area (Å²) in [4.78, 5) is 23.2. The summed E-state index contributed by atoms with van der Waals surface area (Å²) in [6, 6.07) is 20.8. The van der Waals surface area contributed by atoms with E-state index in [-0.39, 0.29) is 28.7 Å². The molecule has 0 spiro atoms. The van der Waals surface area contributed by atoms with Gasteiger partial charge in [-0.25, -0.2) is 14.7 Å². The number of aliphatic hydroxyl groups excluding tert-OH is 1. The van der Waals surface area contributed by atoms with Crippen molar-refractivity contribution in [1.82, 2.24) is 20.1 Å². The molecule has 1 saturated heterocycles. The molecule has 0 aliphatic carbocycles. The minimum atomic E-state index is -4.76. The molecular weight excluding hydrogens is 605 g/mol. The van der Waals surface area contributed by atoms with E-state index in [1.807, 2.05) is 55.5 Å². The zero-order chi connectivity index (χ0) is 32.4. The second-order valence-electron chi connectivity index (χ2n) is 11.6. The number of nitrogens with zero attached hydrogens (tertiary/aromatic N) is 5. The molecule has 2 N–H and O–H groups in total. The third-order valence-electron chi connectivity index (χ3n) is 7.12. The Bertz CT molecular complexity index is 1670. The minimum Gasteiger partial charge on any atom is -0.406 e. The molecule has 2 unspecified atom stereocenters. The predicted molar refractivity (Wildman–Crippen MR) is 168 cm³/mol. The number of carbonyl (C=O) groups is 1. The molecule has 13 heteroatoms. The SMILES string of the molecule is CC(CNC(O)/N=C1\SCC(=O)N1c1ccccc1C(C)(C)C)c1ccc(-c2ncn(-c3ccc(OC(F)(F)F)cc3)n2)cc1. The molecule has 0 radical (unpaired) electrons. The van der Waals surface area contributed by atoms with Crippen molar-refractivity contribution in [3.63, 3.8) is 0 Å². The molecule has 9 nitrogen and oxygen atoms in total. The fourth-order valence-corrected chi connectivity index (χ4v) is 5.71. The lowest BCUT2D eigenvalue weighted by molar-refractivity contribution is -0.274. The summed E-state index contributed by atoms with van der Waals surface area (Å²) in [6.07, 6.45) is -4.48. The van der Waals surface area contributed by atoms with Gasteiger partial charge in [0.05, 0.1) is 17.1 Å². The Hall–Kier alpha value is -4.20. The normalized spacial score (nSPS) is 16.3. The Morgan fingerprint density at radius 3 is 2.40 bits per heavy atom. The molecule has 0 saturated carbocycles. The van der Waals surface area contributed by atoms with Gasteiger partial charge in [0.1, 0.15) is 12.1 Å². The zero-order valence-electron chi connectivity index (χ0n) is 25.1. The Kier molecular flexibility index (Phi) is 9.33. The van der Waals surface area contributed by atoms with Crippen molar-refractivity contribution in [3.05, 3.63) is 90.3 Å². The fraction of sp³-hybridized carbons (Fsp3) is 0.312. The fourth-order valence-electron chi connectivity index (χ4n) is 4.83. The van der Waals surface area contributed by atoms with Crippen molar-refractivity contribution in [2.75, 3.05) is 17.2 Å². The Balaban J connectivity index is 1.20. The first-order valence-corrected chi connectivity index (χ1v) is 15.2. The average Bonchev–Trinajstić information content (AvgIpc) is 3.62. The lowest BCUT2D eigenvalue weighted by atomic mass is 9.85. The van der Waals surface area contributed by atoms with E-state index < -0.39 is 12.7 Å². The number of amidine groups is 1. The van der Waals surface area contributed by atoms with E-state index in [4.69, 9.17) is 0 Å². The number of amides is 1. The van der Waals surface area contributed by atoms with E-state index in [0.29, 0.717) is 23.2 Å². The van der Waals surface area contributed by atoms with Crippen LogP contribution in [0.3, 0.4) is 0 Å². The van der Waals surface area contributed by atoms with Crippen LogP contribution >= 0.6 is 11.8 Å². The third kappa shape index (κ3) is 7.91. The molecule has 1 aliphatic rings. The summed E-state index contributed by atoms with van der Waals surface area (Å²) in [5, 5.41) is 18.6. The van der Waals surface area contributed by atoms with Gasteiger partial charge in [-0.2, -0.15) is 0 Å². The number of halogens is 3. The van der Waals surface area contributed by atoms with Gasteiger partial charge in [0.15, 0.2) is 11.0 Å². The highest BCUT2D eigenvalue weighted by molar-refractivity contribution is 8.15. The van der Waals surface area contributed by atoms with E-state index >= 15 is 0 Å². The van der Waals surface area contributed by atoms with Crippen LogP contribution in [-0.4, -0.2) is 56.0 Å². The molecule has 4 aromatic rings.